The topological polar surface area (TPSA) is 198 Å². The first-order valence-corrected chi connectivity index (χ1v) is 14.0. The van der Waals surface area contributed by atoms with Crippen LogP contribution < -0.4 is 32.2 Å². The molecule has 0 aliphatic rings. The number of aliphatic carboxylic acids is 1. The maximum absolute atomic E-state index is 12.9. The lowest BCUT2D eigenvalue weighted by Crippen LogP contribution is -2.48. The van der Waals surface area contributed by atoms with Crippen LogP contribution in [0, 0.1) is 16.7 Å². The highest BCUT2D eigenvalue weighted by molar-refractivity contribution is 6.00. The number of ether oxygens (including phenoxy) is 1. The van der Waals surface area contributed by atoms with Crippen LogP contribution in [0.5, 0.6) is 5.75 Å². The summed E-state index contributed by atoms with van der Waals surface area (Å²) in [7, 11) is 0. The Hall–Kier alpha value is -4.61. The van der Waals surface area contributed by atoms with E-state index in [1.807, 2.05) is 0 Å². The Morgan fingerprint density at radius 2 is 1.65 bits per heavy atom. The summed E-state index contributed by atoms with van der Waals surface area (Å²) < 4.78 is 6.01. The number of aliphatic imine (C=N–C) groups is 1. The summed E-state index contributed by atoms with van der Waals surface area (Å²) >= 11 is 0. The van der Waals surface area contributed by atoms with Crippen LogP contribution in [0.2, 0.25) is 0 Å². The van der Waals surface area contributed by atoms with E-state index < -0.39 is 42.7 Å². The highest BCUT2D eigenvalue weighted by Gasteiger charge is 2.32. The number of nitrogens with one attached hydrogen (secondary N) is 3. The number of rotatable bonds is 15. The zero-order chi connectivity index (χ0) is 32.4. The first kappa shape index (κ1) is 34.6. The first-order chi connectivity index (χ1) is 20.0. The average Bonchev–Trinajstić information content (AvgIpc) is 2.90. The third kappa shape index (κ3) is 12.0. The number of guanidine groups is 1. The van der Waals surface area contributed by atoms with Gasteiger partial charge in [0.15, 0.2) is 5.96 Å². The summed E-state index contributed by atoms with van der Waals surface area (Å²) in [6.45, 7) is 13.3. The van der Waals surface area contributed by atoms with Crippen LogP contribution in [0.3, 0.4) is 0 Å². The van der Waals surface area contributed by atoms with E-state index in [-0.39, 0.29) is 22.4 Å². The maximum atomic E-state index is 12.9. The lowest BCUT2D eigenvalue weighted by Gasteiger charge is -2.37. The number of carbonyl (C=O) groups excluding carboxylic acids is 3. The number of hydrogen-bond donors (Lipinski definition) is 6. The minimum atomic E-state index is -1.38. The number of carboxylic acid groups (broad SMARTS) is 1. The molecule has 1 atom stereocenters. The van der Waals surface area contributed by atoms with E-state index in [4.69, 9.17) is 16.2 Å². The van der Waals surface area contributed by atoms with Crippen molar-refractivity contribution in [2.24, 2.45) is 33.2 Å². The van der Waals surface area contributed by atoms with Crippen molar-refractivity contribution in [1.82, 2.24) is 10.6 Å². The standard InChI is InChI=1S/C31H44N6O6/c1-19(2)31(5,6)17-30(3,4)18-43-23-12-10-21(11-13-23)35-28(42)24(15-26(39)40)37-25(38)16-34-27(41)20-8-7-9-22(14-20)36-29(32)33/h7-14,19,24H,15-18H2,1-6H3,(H,34,41)(H,35,42)(H,37,38)(H,39,40)(H4,32,33,36). The lowest BCUT2D eigenvalue weighted by molar-refractivity contribution is -0.139. The predicted octanol–water partition coefficient (Wildman–Crippen LogP) is 3.40. The number of anilines is 1. The fraction of sp³-hybridized carbons (Fsp3) is 0.452. The molecule has 0 bridgehead atoms. The minimum absolute atomic E-state index is 0.0555. The summed E-state index contributed by atoms with van der Waals surface area (Å²) in [6, 6.07) is 11.4. The van der Waals surface area contributed by atoms with E-state index in [0.717, 1.165) is 6.42 Å². The van der Waals surface area contributed by atoms with E-state index >= 15 is 0 Å². The second-order valence-corrected chi connectivity index (χ2v) is 12.3. The Morgan fingerprint density at radius 1 is 1.00 bits per heavy atom. The molecule has 2 rings (SSSR count). The van der Waals surface area contributed by atoms with Gasteiger partial charge in [-0.05, 0) is 65.6 Å². The SMILES string of the molecule is CC(C)C(C)(C)CC(C)(C)COc1ccc(NC(=O)C(CC(=O)O)NC(=O)CNC(=O)c2cccc(N=C(N)N)c2)cc1. The van der Waals surface area contributed by atoms with Gasteiger partial charge in [-0.3, -0.25) is 19.2 Å². The number of nitrogens with two attached hydrogens (primary N) is 2. The Balaban J connectivity index is 1.95. The molecule has 234 valence electrons. The van der Waals surface area contributed by atoms with Crippen molar-refractivity contribution in [2.45, 2.75) is 60.4 Å². The normalized spacial score (nSPS) is 12.2. The molecule has 3 amide bonds. The molecule has 43 heavy (non-hydrogen) atoms. The number of benzene rings is 2. The van der Waals surface area contributed by atoms with Crippen molar-refractivity contribution in [3.05, 3.63) is 54.1 Å². The van der Waals surface area contributed by atoms with Gasteiger partial charge in [-0.2, -0.15) is 0 Å². The number of carbonyl (C=O) groups is 4. The Labute approximate surface area is 252 Å². The van der Waals surface area contributed by atoms with Gasteiger partial charge in [0, 0.05) is 11.3 Å². The van der Waals surface area contributed by atoms with Gasteiger partial charge in [0.1, 0.15) is 11.8 Å². The summed E-state index contributed by atoms with van der Waals surface area (Å²) in [4.78, 5) is 53.1. The van der Waals surface area contributed by atoms with Crippen LogP contribution in [0.4, 0.5) is 11.4 Å². The van der Waals surface area contributed by atoms with E-state index in [1.165, 1.54) is 12.1 Å². The van der Waals surface area contributed by atoms with Crippen LogP contribution in [0.1, 0.15) is 64.7 Å². The van der Waals surface area contributed by atoms with E-state index in [9.17, 15) is 24.3 Å². The van der Waals surface area contributed by atoms with Crippen molar-refractivity contribution in [3.63, 3.8) is 0 Å². The number of nitrogens with zero attached hydrogens (tertiary/aromatic N) is 1. The van der Waals surface area contributed by atoms with Crippen LogP contribution in [-0.2, 0) is 14.4 Å². The van der Waals surface area contributed by atoms with E-state index in [0.29, 0.717) is 29.6 Å². The van der Waals surface area contributed by atoms with Gasteiger partial charge in [0.25, 0.3) is 5.91 Å². The highest BCUT2D eigenvalue weighted by atomic mass is 16.5. The fourth-order valence-electron chi connectivity index (χ4n) is 4.39. The quantitative estimate of drug-likeness (QED) is 0.133. The zero-order valence-electron chi connectivity index (χ0n) is 25.7. The van der Waals surface area contributed by atoms with E-state index in [2.05, 4.69) is 62.5 Å². The molecule has 0 aliphatic carbocycles. The summed E-state index contributed by atoms with van der Waals surface area (Å²) in [5.74, 6) is -2.36. The lowest BCUT2D eigenvalue weighted by atomic mass is 9.70. The molecule has 0 radical (unpaired) electrons. The number of amides is 3. The Bertz CT molecular complexity index is 1320. The van der Waals surface area contributed by atoms with Crippen molar-refractivity contribution >= 4 is 41.0 Å². The molecule has 0 saturated heterocycles. The molecule has 8 N–H and O–H groups in total. The van der Waals surface area contributed by atoms with Gasteiger partial charge in [0.05, 0.1) is 25.3 Å². The zero-order valence-corrected chi connectivity index (χ0v) is 25.7. The largest absolute Gasteiger partial charge is 0.493 e. The smallest absolute Gasteiger partial charge is 0.305 e. The second-order valence-electron chi connectivity index (χ2n) is 12.3. The van der Waals surface area contributed by atoms with Gasteiger partial charge >= 0.3 is 5.97 Å². The third-order valence-corrected chi connectivity index (χ3v) is 7.06. The summed E-state index contributed by atoms with van der Waals surface area (Å²) in [5, 5.41) is 16.7. The first-order valence-electron chi connectivity index (χ1n) is 14.0. The fourth-order valence-corrected chi connectivity index (χ4v) is 4.39. The van der Waals surface area contributed by atoms with Gasteiger partial charge in [-0.25, -0.2) is 4.99 Å². The van der Waals surface area contributed by atoms with Crippen molar-refractivity contribution < 1.29 is 29.0 Å². The van der Waals surface area contributed by atoms with Crippen molar-refractivity contribution in [1.29, 1.82) is 0 Å². The van der Waals surface area contributed by atoms with Crippen LogP contribution in [-0.4, -0.2) is 54.0 Å². The van der Waals surface area contributed by atoms with Crippen molar-refractivity contribution in [3.8, 4) is 5.75 Å². The van der Waals surface area contributed by atoms with Gasteiger partial charge < -0.3 is 37.3 Å². The van der Waals surface area contributed by atoms with Crippen molar-refractivity contribution in [2.75, 3.05) is 18.5 Å². The molecule has 0 aromatic heterocycles. The van der Waals surface area contributed by atoms with Gasteiger partial charge in [-0.15, -0.1) is 0 Å². The molecule has 0 saturated carbocycles. The predicted molar refractivity (Wildman–Crippen MR) is 166 cm³/mol. The van der Waals surface area contributed by atoms with Crippen LogP contribution in [0.15, 0.2) is 53.5 Å². The van der Waals surface area contributed by atoms with Gasteiger partial charge in [0.2, 0.25) is 11.8 Å². The van der Waals surface area contributed by atoms with Crippen LogP contribution in [0.25, 0.3) is 0 Å². The number of hydrogen-bond acceptors (Lipinski definition) is 6. The second kappa shape index (κ2) is 15.0. The minimum Gasteiger partial charge on any atom is -0.493 e. The molecule has 1 unspecified atom stereocenters. The molecule has 2 aromatic carbocycles. The highest BCUT2D eigenvalue weighted by Crippen LogP contribution is 2.39. The third-order valence-electron chi connectivity index (χ3n) is 7.06. The molecule has 2 aromatic rings. The Morgan fingerprint density at radius 3 is 2.23 bits per heavy atom. The molecule has 0 fully saturated rings. The Kier molecular flexibility index (Phi) is 12.1. The molecule has 0 heterocycles. The van der Waals surface area contributed by atoms with Gasteiger partial charge in [-0.1, -0.05) is 47.6 Å². The molecule has 12 nitrogen and oxygen atoms in total. The number of carboxylic acids is 1. The van der Waals surface area contributed by atoms with E-state index in [1.54, 1.807) is 36.4 Å². The molecule has 0 aliphatic heterocycles. The summed E-state index contributed by atoms with van der Waals surface area (Å²) in [6.07, 6.45) is 0.327. The molecule has 12 heteroatoms. The monoisotopic (exact) mass is 596 g/mol. The van der Waals surface area contributed by atoms with Crippen LogP contribution >= 0.6 is 0 Å². The molecular formula is C31H44N6O6. The maximum Gasteiger partial charge on any atom is 0.305 e. The molecular weight excluding hydrogens is 552 g/mol. The molecule has 0 spiro atoms. The summed E-state index contributed by atoms with van der Waals surface area (Å²) in [5.41, 5.74) is 11.8. The average molecular weight is 597 g/mol.